The van der Waals surface area contributed by atoms with Crippen LogP contribution in [0.15, 0.2) is 36.9 Å². The fraction of sp³-hybridized carbons (Fsp3) is 0.409. The Morgan fingerprint density at radius 3 is 2.57 bits per heavy atom. The van der Waals surface area contributed by atoms with E-state index in [2.05, 4.69) is 53.5 Å². The number of aromatic nitrogens is 4. The molecular weight excluding hydrogens is 569 g/mol. The summed E-state index contributed by atoms with van der Waals surface area (Å²) in [4.78, 5) is 38.1. The van der Waals surface area contributed by atoms with Crippen LogP contribution < -0.4 is 16.0 Å². The number of nitrogens with one attached hydrogen (secondary N) is 3. The van der Waals surface area contributed by atoms with Gasteiger partial charge in [0.2, 0.25) is 0 Å². The first-order valence-electron chi connectivity index (χ1n) is 11.1. The van der Waals surface area contributed by atoms with Crippen molar-refractivity contribution in [2.75, 3.05) is 17.2 Å². The summed E-state index contributed by atoms with van der Waals surface area (Å²) >= 11 is 2.19. The molecule has 2 aliphatic rings. The molecule has 12 nitrogen and oxygen atoms in total. The van der Waals surface area contributed by atoms with Gasteiger partial charge in [-0.15, -0.1) is 0 Å². The number of urea groups is 1. The second kappa shape index (κ2) is 9.29. The van der Waals surface area contributed by atoms with Crippen molar-refractivity contribution in [1.29, 1.82) is 0 Å². The van der Waals surface area contributed by atoms with Gasteiger partial charge >= 0.3 is 6.03 Å². The predicted octanol–water partition coefficient (Wildman–Crippen LogP) is 2.63. The molecule has 5 rings (SSSR count). The van der Waals surface area contributed by atoms with Crippen molar-refractivity contribution < 1.29 is 23.8 Å². The second-order valence-corrected chi connectivity index (χ2v) is 9.78. The van der Waals surface area contributed by atoms with Gasteiger partial charge in [0.15, 0.2) is 35.1 Å². The molecule has 0 unspecified atom stereocenters. The van der Waals surface area contributed by atoms with Gasteiger partial charge in [-0.1, -0.05) is 0 Å². The third-order valence-electron chi connectivity index (χ3n) is 5.61. The number of anilines is 2. The van der Waals surface area contributed by atoms with Crippen molar-refractivity contribution in [2.24, 2.45) is 0 Å². The number of fused-ring (bicyclic) bond motifs is 2. The van der Waals surface area contributed by atoms with Gasteiger partial charge in [0, 0.05) is 15.8 Å². The van der Waals surface area contributed by atoms with Crippen molar-refractivity contribution in [2.45, 2.75) is 51.1 Å². The molecule has 0 radical (unpaired) electrons. The van der Waals surface area contributed by atoms with E-state index in [9.17, 15) is 9.59 Å². The van der Waals surface area contributed by atoms with E-state index in [-0.39, 0.29) is 11.7 Å². The minimum absolute atomic E-state index is 0.232. The summed E-state index contributed by atoms with van der Waals surface area (Å²) in [5, 5.41) is 8.25. The van der Waals surface area contributed by atoms with Crippen molar-refractivity contribution >= 4 is 57.2 Å². The van der Waals surface area contributed by atoms with Crippen LogP contribution >= 0.6 is 22.6 Å². The molecule has 2 fully saturated rings. The van der Waals surface area contributed by atoms with Crippen LogP contribution in [0.25, 0.3) is 11.2 Å². The summed E-state index contributed by atoms with van der Waals surface area (Å²) in [6, 6.07) is 6.91. The minimum Gasteiger partial charge on any atom is -0.354 e. The zero-order valence-electron chi connectivity index (χ0n) is 19.2. The lowest BCUT2D eigenvalue weighted by atomic mass is 10.1. The van der Waals surface area contributed by atoms with E-state index in [4.69, 9.17) is 14.2 Å². The molecule has 4 atom stereocenters. The zero-order valence-corrected chi connectivity index (χ0v) is 21.3. The Kier molecular flexibility index (Phi) is 6.33. The number of imidazole rings is 1. The largest absolute Gasteiger partial charge is 0.354 e. The SMILES string of the molecule is CCNC(=O)[C@H]1O[C@@H](n2cnc3c(NC(=O)Nc4ccc(I)cc4)ncnc32)[C@@H]2OC(C)(C)O[C@@H]21. The molecule has 0 bridgehead atoms. The number of carbonyl (C=O) groups is 2. The minimum atomic E-state index is -0.881. The molecule has 184 valence electrons. The fourth-order valence-corrected chi connectivity index (χ4v) is 4.58. The van der Waals surface area contributed by atoms with Crippen molar-refractivity contribution in [3.8, 4) is 0 Å². The number of rotatable bonds is 5. The topological polar surface area (TPSA) is 142 Å². The standard InChI is InChI=1S/C22H24IN7O5/c1-4-24-19(31)15-14-16(35-22(2,3)34-14)20(33-15)30-10-27-13-17(25-9-26-18(13)30)29-21(32)28-12-7-5-11(23)6-8-12/h5-10,14-16,20H,4H2,1-3H3,(H,24,31)(H2,25,26,28,29,32)/t14-,15+,16-,20-/m1/s1. The summed E-state index contributed by atoms with van der Waals surface area (Å²) in [5.74, 6) is -0.927. The van der Waals surface area contributed by atoms with Crippen LogP contribution in [-0.2, 0) is 19.0 Å². The van der Waals surface area contributed by atoms with E-state index in [1.54, 1.807) is 30.5 Å². The van der Waals surface area contributed by atoms with E-state index in [1.807, 2.05) is 19.1 Å². The van der Waals surface area contributed by atoms with Crippen LogP contribution in [0, 0.1) is 3.57 Å². The fourth-order valence-electron chi connectivity index (χ4n) is 4.22. The highest BCUT2D eigenvalue weighted by Gasteiger charge is 2.58. The molecule has 0 spiro atoms. The number of amides is 3. The number of ether oxygens (including phenoxy) is 3. The second-order valence-electron chi connectivity index (χ2n) is 8.54. The number of hydrogen-bond donors (Lipinski definition) is 3. The van der Waals surface area contributed by atoms with Gasteiger partial charge in [-0.25, -0.2) is 19.7 Å². The van der Waals surface area contributed by atoms with Gasteiger partial charge in [0.25, 0.3) is 5.91 Å². The Morgan fingerprint density at radius 1 is 1.09 bits per heavy atom. The number of benzene rings is 1. The van der Waals surface area contributed by atoms with Gasteiger partial charge in [-0.2, -0.15) is 0 Å². The Balaban J connectivity index is 1.40. The summed E-state index contributed by atoms with van der Waals surface area (Å²) in [6.45, 7) is 5.88. The van der Waals surface area contributed by atoms with Crippen LogP contribution in [0.3, 0.4) is 0 Å². The maximum atomic E-state index is 12.6. The number of likely N-dealkylation sites (N-methyl/N-ethyl adjacent to an activating group) is 1. The molecule has 0 aliphatic carbocycles. The maximum Gasteiger partial charge on any atom is 0.324 e. The van der Waals surface area contributed by atoms with Crippen LogP contribution in [0.2, 0.25) is 0 Å². The summed E-state index contributed by atoms with van der Waals surface area (Å²) in [5.41, 5.74) is 1.42. The van der Waals surface area contributed by atoms with Gasteiger partial charge in [-0.3, -0.25) is 14.7 Å². The van der Waals surface area contributed by atoms with Crippen molar-refractivity contribution in [1.82, 2.24) is 24.8 Å². The monoisotopic (exact) mass is 593 g/mol. The smallest absolute Gasteiger partial charge is 0.324 e. The highest BCUT2D eigenvalue weighted by atomic mass is 127. The van der Waals surface area contributed by atoms with E-state index in [0.29, 0.717) is 23.4 Å². The number of nitrogens with zero attached hydrogens (tertiary/aromatic N) is 4. The Labute approximate surface area is 214 Å². The van der Waals surface area contributed by atoms with Crippen LogP contribution in [0.1, 0.15) is 27.0 Å². The lowest BCUT2D eigenvalue weighted by Gasteiger charge is -2.24. The molecule has 3 aromatic rings. The Morgan fingerprint density at radius 2 is 1.83 bits per heavy atom. The van der Waals surface area contributed by atoms with Gasteiger partial charge < -0.3 is 24.8 Å². The first-order valence-corrected chi connectivity index (χ1v) is 12.1. The molecule has 2 aromatic heterocycles. The highest BCUT2D eigenvalue weighted by Crippen LogP contribution is 2.44. The molecule has 3 N–H and O–H groups in total. The lowest BCUT2D eigenvalue weighted by Crippen LogP contribution is -2.42. The van der Waals surface area contributed by atoms with Crippen LogP contribution in [0.4, 0.5) is 16.3 Å². The quantitative estimate of drug-likeness (QED) is 0.384. The van der Waals surface area contributed by atoms with Gasteiger partial charge in [0.1, 0.15) is 18.5 Å². The van der Waals surface area contributed by atoms with Crippen molar-refractivity contribution in [3.05, 3.63) is 40.5 Å². The summed E-state index contributed by atoms with van der Waals surface area (Å²) in [6.07, 6.45) is 0.109. The summed E-state index contributed by atoms with van der Waals surface area (Å²) in [7, 11) is 0. The van der Waals surface area contributed by atoms with Gasteiger partial charge in [-0.05, 0) is 67.6 Å². The maximum absolute atomic E-state index is 12.6. The predicted molar refractivity (Wildman–Crippen MR) is 134 cm³/mol. The Bertz CT molecular complexity index is 1260. The highest BCUT2D eigenvalue weighted by molar-refractivity contribution is 14.1. The van der Waals surface area contributed by atoms with E-state index < -0.39 is 36.4 Å². The molecule has 35 heavy (non-hydrogen) atoms. The van der Waals surface area contributed by atoms with E-state index >= 15 is 0 Å². The molecule has 3 amide bonds. The Hall–Kier alpha value is -2.88. The average Bonchev–Trinajstić information content (AvgIpc) is 3.46. The molecule has 13 heteroatoms. The number of carbonyl (C=O) groups excluding carboxylic acids is 2. The van der Waals surface area contributed by atoms with Crippen LogP contribution in [0.5, 0.6) is 0 Å². The summed E-state index contributed by atoms with van der Waals surface area (Å²) < 4.78 is 20.9. The molecule has 1 aromatic carbocycles. The van der Waals surface area contributed by atoms with E-state index in [0.717, 1.165) is 3.57 Å². The van der Waals surface area contributed by atoms with Gasteiger partial charge in [0.05, 0.1) is 6.33 Å². The van der Waals surface area contributed by atoms with Crippen LogP contribution in [-0.4, -0.2) is 62.1 Å². The van der Waals surface area contributed by atoms with E-state index in [1.165, 1.54) is 12.7 Å². The first kappa shape index (κ1) is 23.8. The zero-order chi connectivity index (χ0) is 24.7. The first-order chi connectivity index (χ1) is 16.8. The average molecular weight is 593 g/mol. The number of halogens is 1. The molecule has 4 heterocycles. The molecule has 2 aliphatic heterocycles. The molecule has 2 saturated heterocycles. The normalized spacial score (nSPS) is 24.8. The molecule has 0 saturated carbocycles. The third-order valence-corrected chi connectivity index (χ3v) is 6.32. The molecular formula is C22H24IN7O5. The van der Waals surface area contributed by atoms with Crippen molar-refractivity contribution in [3.63, 3.8) is 0 Å². The third kappa shape index (κ3) is 4.68. The number of hydrogen-bond acceptors (Lipinski definition) is 8. The lowest BCUT2D eigenvalue weighted by molar-refractivity contribution is -0.197.